The van der Waals surface area contributed by atoms with Crippen LogP contribution >= 0.6 is 11.6 Å². The number of ether oxygens (including phenoxy) is 1. The molecule has 1 fully saturated rings. The molecule has 3 atom stereocenters. The Balaban J connectivity index is 2.14. The van der Waals surface area contributed by atoms with Gasteiger partial charge in [-0.3, -0.25) is 4.79 Å². The molecule has 0 spiro atoms. The summed E-state index contributed by atoms with van der Waals surface area (Å²) in [7, 11) is 1.59. The number of amides is 2. The Morgan fingerprint density at radius 3 is 2.44 bits per heavy atom. The molecule has 0 radical (unpaired) electrons. The number of carbonyl (C=O) groups excluding carboxylic acids is 2. The molecule has 0 aromatic heterocycles. The van der Waals surface area contributed by atoms with Gasteiger partial charge >= 0.3 is 6.09 Å². The number of aliphatic hydroxyl groups is 1. The minimum absolute atomic E-state index is 0.155. The predicted octanol–water partition coefficient (Wildman–Crippen LogP) is 4.86. The molecule has 180 valence electrons. The number of benzene rings is 1. The Kier molecular flexibility index (Phi) is 10.3. The first kappa shape index (κ1) is 26.5. The van der Waals surface area contributed by atoms with Crippen molar-refractivity contribution in [2.45, 2.75) is 89.9 Å². The maximum absolute atomic E-state index is 12.6. The molecule has 0 unspecified atom stereocenters. The summed E-state index contributed by atoms with van der Waals surface area (Å²) in [5.41, 5.74) is 0.234. The van der Waals surface area contributed by atoms with Crippen molar-refractivity contribution in [2.75, 3.05) is 7.05 Å². The van der Waals surface area contributed by atoms with Crippen molar-refractivity contribution in [1.82, 2.24) is 10.6 Å². The number of aliphatic hydroxyl groups excluding tert-OH is 1. The van der Waals surface area contributed by atoms with Crippen LogP contribution < -0.4 is 10.6 Å². The Morgan fingerprint density at radius 2 is 1.84 bits per heavy atom. The molecule has 1 aliphatic rings. The van der Waals surface area contributed by atoms with E-state index in [9.17, 15) is 14.7 Å². The van der Waals surface area contributed by atoms with Crippen LogP contribution in [0.15, 0.2) is 24.3 Å². The van der Waals surface area contributed by atoms with Crippen molar-refractivity contribution in [1.29, 1.82) is 0 Å². The summed E-state index contributed by atoms with van der Waals surface area (Å²) in [4.78, 5) is 25.1. The van der Waals surface area contributed by atoms with Crippen LogP contribution in [0.25, 0.3) is 0 Å². The standard InChI is InChI=1S/C25H39ClN2O4/c1-25(2,3)32-24(31)28-21(14-17-10-6-5-7-11-17)22(29)16-19(23(30)27-4)15-18-12-8-9-13-20(18)26/h8-9,12-13,17,19,21-22,29H,5-7,10-11,14-16H2,1-4H3,(H,27,30)(H,28,31)/t19-,21+,22+/m1/s1. The van der Waals surface area contributed by atoms with Crippen LogP contribution in [0, 0.1) is 11.8 Å². The van der Waals surface area contributed by atoms with Crippen molar-refractivity contribution < 1.29 is 19.4 Å². The smallest absolute Gasteiger partial charge is 0.407 e. The highest BCUT2D eigenvalue weighted by molar-refractivity contribution is 6.31. The third-order valence-corrected chi connectivity index (χ3v) is 6.41. The molecular weight excluding hydrogens is 428 g/mol. The second-order valence-electron chi connectivity index (χ2n) is 9.90. The molecule has 1 saturated carbocycles. The second-order valence-corrected chi connectivity index (χ2v) is 10.3. The molecule has 0 bridgehead atoms. The molecule has 2 amide bonds. The number of rotatable bonds is 9. The molecule has 3 N–H and O–H groups in total. The number of hydrogen-bond acceptors (Lipinski definition) is 4. The largest absolute Gasteiger partial charge is 0.444 e. The van der Waals surface area contributed by atoms with Crippen molar-refractivity contribution in [2.24, 2.45) is 11.8 Å². The van der Waals surface area contributed by atoms with Crippen LogP contribution in [0.3, 0.4) is 0 Å². The van der Waals surface area contributed by atoms with Crippen LogP contribution in [0.2, 0.25) is 5.02 Å². The van der Waals surface area contributed by atoms with E-state index in [0.717, 1.165) is 18.4 Å². The van der Waals surface area contributed by atoms with E-state index >= 15 is 0 Å². The minimum Gasteiger partial charge on any atom is -0.444 e. The van der Waals surface area contributed by atoms with Gasteiger partial charge in [-0.25, -0.2) is 4.79 Å². The maximum Gasteiger partial charge on any atom is 0.407 e. The van der Waals surface area contributed by atoms with Gasteiger partial charge in [0.2, 0.25) is 5.91 Å². The average Bonchev–Trinajstić information content (AvgIpc) is 2.73. The van der Waals surface area contributed by atoms with Crippen LogP contribution in [0.4, 0.5) is 4.79 Å². The lowest BCUT2D eigenvalue weighted by molar-refractivity contribution is -0.125. The van der Waals surface area contributed by atoms with E-state index in [1.165, 1.54) is 19.3 Å². The van der Waals surface area contributed by atoms with Gasteiger partial charge in [-0.05, 0) is 57.6 Å². The van der Waals surface area contributed by atoms with Crippen LogP contribution in [0.1, 0.15) is 71.3 Å². The van der Waals surface area contributed by atoms with Crippen LogP contribution in [0.5, 0.6) is 0 Å². The normalized spacial score (nSPS) is 17.8. The van der Waals surface area contributed by atoms with Crippen molar-refractivity contribution in [3.63, 3.8) is 0 Å². The summed E-state index contributed by atoms with van der Waals surface area (Å²) in [6, 6.07) is 6.94. The molecule has 1 aromatic carbocycles. The molecule has 1 aliphatic carbocycles. The highest BCUT2D eigenvalue weighted by Gasteiger charge is 2.31. The SMILES string of the molecule is CNC(=O)[C@H](Cc1ccccc1Cl)C[C@H](O)[C@H](CC1CCCCC1)NC(=O)OC(C)(C)C. The summed E-state index contributed by atoms with van der Waals surface area (Å²) in [5, 5.41) is 17.4. The third kappa shape index (κ3) is 8.99. The van der Waals surface area contributed by atoms with Crippen LogP contribution in [-0.2, 0) is 16.0 Å². The lowest BCUT2D eigenvalue weighted by Gasteiger charge is -2.32. The van der Waals surface area contributed by atoms with Crippen molar-refractivity contribution >= 4 is 23.6 Å². The van der Waals surface area contributed by atoms with Gasteiger partial charge in [-0.2, -0.15) is 0 Å². The van der Waals surface area contributed by atoms with E-state index in [1.54, 1.807) is 13.1 Å². The number of nitrogens with one attached hydrogen (secondary N) is 2. The Hall–Kier alpha value is -1.79. The molecule has 0 aliphatic heterocycles. The third-order valence-electron chi connectivity index (χ3n) is 6.05. The van der Waals surface area contributed by atoms with E-state index in [2.05, 4.69) is 10.6 Å². The van der Waals surface area contributed by atoms with Gasteiger partial charge < -0.3 is 20.5 Å². The number of alkyl carbamates (subject to hydrolysis) is 1. The highest BCUT2D eigenvalue weighted by Crippen LogP contribution is 2.30. The van der Waals surface area contributed by atoms with Gasteiger partial charge in [0.25, 0.3) is 0 Å². The summed E-state index contributed by atoms with van der Waals surface area (Å²) in [6.07, 6.45) is 5.66. The topological polar surface area (TPSA) is 87.7 Å². The molecule has 1 aromatic rings. The zero-order valence-electron chi connectivity index (χ0n) is 19.8. The zero-order valence-corrected chi connectivity index (χ0v) is 20.6. The van der Waals surface area contributed by atoms with Gasteiger partial charge in [0, 0.05) is 18.0 Å². The molecule has 6 nitrogen and oxygen atoms in total. The first-order chi connectivity index (χ1) is 15.1. The van der Waals surface area contributed by atoms with E-state index in [-0.39, 0.29) is 12.3 Å². The Bertz CT molecular complexity index is 744. The molecule has 7 heteroatoms. The summed E-state index contributed by atoms with van der Waals surface area (Å²) in [5.74, 6) is -0.179. The zero-order chi connectivity index (χ0) is 23.7. The maximum atomic E-state index is 12.6. The fourth-order valence-corrected chi connectivity index (χ4v) is 4.64. The highest BCUT2D eigenvalue weighted by atomic mass is 35.5. The second kappa shape index (κ2) is 12.4. The monoisotopic (exact) mass is 466 g/mol. The van der Waals surface area contributed by atoms with Crippen molar-refractivity contribution in [3.8, 4) is 0 Å². The first-order valence-corrected chi connectivity index (χ1v) is 12.1. The van der Waals surface area contributed by atoms with Gasteiger partial charge in [0.1, 0.15) is 5.60 Å². The van der Waals surface area contributed by atoms with Crippen molar-refractivity contribution in [3.05, 3.63) is 34.9 Å². The lowest BCUT2D eigenvalue weighted by Crippen LogP contribution is -2.48. The minimum atomic E-state index is -0.880. The fraction of sp³-hybridized carbons (Fsp3) is 0.680. The lowest BCUT2D eigenvalue weighted by atomic mass is 9.82. The van der Waals surface area contributed by atoms with Gasteiger partial charge in [-0.1, -0.05) is 61.9 Å². The number of hydrogen-bond donors (Lipinski definition) is 3. The van der Waals surface area contributed by atoms with E-state index in [1.807, 2.05) is 39.0 Å². The van der Waals surface area contributed by atoms with Gasteiger partial charge in [0.05, 0.1) is 12.1 Å². The van der Waals surface area contributed by atoms with Gasteiger partial charge in [0.15, 0.2) is 0 Å². The van der Waals surface area contributed by atoms with Gasteiger partial charge in [-0.15, -0.1) is 0 Å². The average molecular weight is 467 g/mol. The Morgan fingerprint density at radius 1 is 1.19 bits per heavy atom. The molecule has 0 heterocycles. The summed E-state index contributed by atoms with van der Waals surface area (Å²) < 4.78 is 5.43. The Labute approximate surface area is 197 Å². The first-order valence-electron chi connectivity index (χ1n) is 11.7. The number of halogens is 1. The summed E-state index contributed by atoms with van der Waals surface area (Å²) in [6.45, 7) is 5.43. The predicted molar refractivity (Wildman–Crippen MR) is 128 cm³/mol. The summed E-state index contributed by atoms with van der Waals surface area (Å²) >= 11 is 6.31. The molecule has 0 saturated heterocycles. The number of carbonyl (C=O) groups is 2. The van der Waals surface area contributed by atoms with E-state index in [0.29, 0.717) is 23.8 Å². The molecule has 32 heavy (non-hydrogen) atoms. The van der Waals surface area contributed by atoms with E-state index < -0.39 is 29.8 Å². The molecule has 2 rings (SSSR count). The van der Waals surface area contributed by atoms with Crippen LogP contribution in [-0.4, -0.2) is 41.9 Å². The molecular formula is C25H39ClN2O4. The fourth-order valence-electron chi connectivity index (χ4n) is 4.43. The quantitative estimate of drug-likeness (QED) is 0.485. The van der Waals surface area contributed by atoms with E-state index in [4.69, 9.17) is 16.3 Å².